The number of hydrogen-bond donors (Lipinski definition) is 1. The second-order valence-electron chi connectivity index (χ2n) is 7.53. The molecule has 1 heterocycles. The van der Waals surface area contributed by atoms with E-state index in [1.54, 1.807) is 12.1 Å². The molecule has 0 unspecified atom stereocenters. The van der Waals surface area contributed by atoms with Crippen molar-refractivity contribution in [1.82, 2.24) is 10.2 Å². The third-order valence-corrected chi connectivity index (χ3v) is 5.57. The maximum absolute atomic E-state index is 12.6. The maximum atomic E-state index is 12.6. The molecule has 0 radical (unpaired) electrons. The van der Waals surface area contributed by atoms with Crippen LogP contribution in [0.15, 0.2) is 48.0 Å². The summed E-state index contributed by atoms with van der Waals surface area (Å²) in [5.41, 5.74) is 1.40. The Bertz CT molecular complexity index is 1190. The maximum Gasteiger partial charge on any atom is 0.268 e. The standard InChI is InChI=1S/C24H23ClN4O3S/c1-15(2)9-21-28-29-24(33-21)27-23(30)18(13-26)10-17-11-19(25)22(20(12-17)31-3)32-14-16-7-5-4-6-8-16/h4-8,10-12,15H,9,14H2,1-3H3,(H,27,29,30)/b18-10-. The Balaban J connectivity index is 1.77. The van der Waals surface area contributed by atoms with Gasteiger partial charge in [0.25, 0.3) is 5.91 Å². The third-order valence-electron chi connectivity index (χ3n) is 4.42. The molecule has 0 aliphatic heterocycles. The van der Waals surface area contributed by atoms with Crippen molar-refractivity contribution >= 4 is 40.1 Å². The highest BCUT2D eigenvalue weighted by atomic mass is 35.5. The van der Waals surface area contributed by atoms with E-state index in [9.17, 15) is 10.1 Å². The van der Waals surface area contributed by atoms with Gasteiger partial charge in [0.1, 0.15) is 23.3 Å². The van der Waals surface area contributed by atoms with Gasteiger partial charge in [-0.1, -0.05) is 67.1 Å². The minimum Gasteiger partial charge on any atom is -0.493 e. The molecule has 3 aromatic rings. The Morgan fingerprint density at radius 3 is 2.70 bits per heavy atom. The summed E-state index contributed by atoms with van der Waals surface area (Å²) in [6.45, 7) is 4.47. The number of methoxy groups -OCH3 is 1. The Morgan fingerprint density at radius 2 is 2.03 bits per heavy atom. The van der Waals surface area contributed by atoms with Gasteiger partial charge < -0.3 is 9.47 Å². The molecule has 9 heteroatoms. The number of rotatable bonds is 9. The summed E-state index contributed by atoms with van der Waals surface area (Å²) in [6.07, 6.45) is 2.20. The van der Waals surface area contributed by atoms with E-state index in [4.69, 9.17) is 21.1 Å². The topological polar surface area (TPSA) is 97.1 Å². The Hall–Kier alpha value is -3.41. The molecule has 1 N–H and O–H groups in total. The molecule has 2 aromatic carbocycles. The van der Waals surface area contributed by atoms with Crippen LogP contribution in [0, 0.1) is 17.2 Å². The molecule has 1 amide bonds. The second kappa shape index (κ2) is 11.5. The zero-order valence-electron chi connectivity index (χ0n) is 18.5. The predicted octanol–water partition coefficient (Wildman–Crippen LogP) is 5.52. The first-order valence-corrected chi connectivity index (χ1v) is 11.4. The van der Waals surface area contributed by atoms with E-state index in [0.29, 0.717) is 39.7 Å². The lowest BCUT2D eigenvalue weighted by molar-refractivity contribution is -0.112. The summed E-state index contributed by atoms with van der Waals surface area (Å²) in [7, 11) is 1.50. The van der Waals surface area contributed by atoms with Gasteiger partial charge in [0.15, 0.2) is 11.5 Å². The number of carbonyl (C=O) groups excluding carboxylic acids is 1. The van der Waals surface area contributed by atoms with Gasteiger partial charge in [-0.3, -0.25) is 10.1 Å². The first kappa shape index (κ1) is 24.2. The van der Waals surface area contributed by atoms with Gasteiger partial charge in [0, 0.05) is 6.42 Å². The van der Waals surface area contributed by atoms with Crippen LogP contribution >= 0.6 is 22.9 Å². The van der Waals surface area contributed by atoms with Gasteiger partial charge in [-0.15, -0.1) is 10.2 Å². The van der Waals surface area contributed by atoms with Gasteiger partial charge in [-0.2, -0.15) is 5.26 Å². The molecule has 3 rings (SSSR count). The number of nitrogens with one attached hydrogen (secondary N) is 1. The second-order valence-corrected chi connectivity index (χ2v) is 9.00. The van der Waals surface area contributed by atoms with E-state index in [1.165, 1.54) is 24.5 Å². The number of halogens is 1. The lowest BCUT2D eigenvalue weighted by atomic mass is 10.1. The van der Waals surface area contributed by atoms with Crippen LogP contribution in [-0.4, -0.2) is 23.2 Å². The fourth-order valence-electron chi connectivity index (χ4n) is 2.91. The fraction of sp³-hybridized carbons (Fsp3) is 0.250. The summed E-state index contributed by atoms with van der Waals surface area (Å²) < 4.78 is 11.3. The minimum atomic E-state index is -0.579. The molecule has 0 atom stereocenters. The molecule has 7 nitrogen and oxygen atoms in total. The molecular weight excluding hydrogens is 460 g/mol. The number of anilines is 1. The van der Waals surface area contributed by atoms with Crippen molar-refractivity contribution < 1.29 is 14.3 Å². The van der Waals surface area contributed by atoms with E-state index >= 15 is 0 Å². The van der Waals surface area contributed by atoms with Crippen LogP contribution in [0.25, 0.3) is 6.08 Å². The van der Waals surface area contributed by atoms with Crippen molar-refractivity contribution in [2.24, 2.45) is 5.92 Å². The van der Waals surface area contributed by atoms with Gasteiger partial charge >= 0.3 is 0 Å². The normalized spacial score (nSPS) is 11.2. The molecule has 0 saturated heterocycles. The summed E-state index contributed by atoms with van der Waals surface area (Å²) in [5.74, 6) is 0.624. The van der Waals surface area contributed by atoms with Crippen LogP contribution in [-0.2, 0) is 17.8 Å². The highest BCUT2D eigenvalue weighted by molar-refractivity contribution is 7.15. The van der Waals surface area contributed by atoms with Crippen molar-refractivity contribution in [2.75, 3.05) is 12.4 Å². The largest absolute Gasteiger partial charge is 0.493 e. The fourth-order valence-corrected chi connectivity index (χ4v) is 4.13. The van der Waals surface area contributed by atoms with E-state index < -0.39 is 5.91 Å². The monoisotopic (exact) mass is 482 g/mol. The number of ether oxygens (including phenoxy) is 2. The SMILES string of the molecule is COc1cc(/C=C(/C#N)C(=O)Nc2nnc(CC(C)C)s2)cc(Cl)c1OCc1ccccc1. The molecule has 0 aliphatic rings. The lowest BCUT2D eigenvalue weighted by Crippen LogP contribution is -2.13. The van der Waals surface area contributed by atoms with Gasteiger partial charge in [0.05, 0.1) is 12.1 Å². The first-order chi connectivity index (χ1) is 15.9. The smallest absolute Gasteiger partial charge is 0.268 e. The first-order valence-electron chi connectivity index (χ1n) is 10.2. The van der Waals surface area contributed by atoms with Gasteiger partial charge in [0.2, 0.25) is 5.13 Å². The molecule has 33 heavy (non-hydrogen) atoms. The van der Waals surface area contributed by atoms with Crippen molar-refractivity contribution in [3.63, 3.8) is 0 Å². The average molecular weight is 483 g/mol. The van der Waals surface area contributed by atoms with Crippen molar-refractivity contribution in [1.29, 1.82) is 5.26 Å². The Kier molecular flexibility index (Phi) is 8.41. The van der Waals surface area contributed by atoms with Crippen LogP contribution in [0.3, 0.4) is 0 Å². The summed E-state index contributed by atoms with van der Waals surface area (Å²) in [4.78, 5) is 12.6. The van der Waals surface area contributed by atoms with E-state index in [2.05, 4.69) is 29.4 Å². The predicted molar refractivity (Wildman–Crippen MR) is 129 cm³/mol. The molecule has 0 bridgehead atoms. The van der Waals surface area contributed by atoms with Gasteiger partial charge in [-0.05, 0) is 35.3 Å². The molecule has 0 fully saturated rings. The van der Waals surface area contributed by atoms with Crippen LogP contribution < -0.4 is 14.8 Å². The number of aromatic nitrogens is 2. The van der Waals surface area contributed by atoms with Crippen molar-refractivity contribution in [3.05, 3.63) is 69.2 Å². The van der Waals surface area contributed by atoms with Crippen LogP contribution in [0.2, 0.25) is 5.02 Å². The molecule has 0 aliphatic carbocycles. The van der Waals surface area contributed by atoms with E-state index in [1.807, 2.05) is 36.4 Å². The summed E-state index contributed by atoms with van der Waals surface area (Å²) in [5, 5.41) is 21.7. The summed E-state index contributed by atoms with van der Waals surface area (Å²) >= 11 is 7.71. The molecule has 0 saturated carbocycles. The number of benzene rings is 2. The Morgan fingerprint density at radius 1 is 1.27 bits per heavy atom. The van der Waals surface area contributed by atoms with Crippen LogP contribution in [0.1, 0.15) is 30.0 Å². The van der Waals surface area contributed by atoms with Crippen molar-refractivity contribution in [2.45, 2.75) is 26.9 Å². The van der Waals surface area contributed by atoms with Crippen LogP contribution in [0.5, 0.6) is 11.5 Å². The molecule has 1 aromatic heterocycles. The number of nitrogens with zero attached hydrogens (tertiary/aromatic N) is 3. The summed E-state index contributed by atoms with van der Waals surface area (Å²) in [6, 6.07) is 14.8. The molecule has 0 spiro atoms. The van der Waals surface area contributed by atoms with Gasteiger partial charge in [-0.25, -0.2) is 0 Å². The zero-order chi connectivity index (χ0) is 23.8. The highest BCUT2D eigenvalue weighted by Gasteiger charge is 2.16. The quantitative estimate of drug-likeness (QED) is 0.318. The Labute approximate surface area is 201 Å². The molecule has 170 valence electrons. The minimum absolute atomic E-state index is 0.105. The zero-order valence-corrected chi connectivity index (χ0v) is 20.0. The van der Waals surface area contributed by atoms with Crippen molar-refractivity contribution in [3.8, 4) is 17.6 Å². The number of amides is 1. The average Bonchev–Trinajstić information content (AvgIpc) is 3.22. The highest BCUT2D eigenvalue weighted by Crippen LogP contribution is 2.37. The van der Waals surface area contributed by atoms with E-state index in [-0.39, 0.29) is 5.57 Å². The van der Waals surface area contributed by atoms with Crippen LogP contribution in [0.4, 0.5) is 5.13 Å². The number of carbonyl (C=O) groups is 1. The number of hydrogen-bond acceptors (Lipinski definition) is 7. The lowest BCUT2D eigenvalue weighted by Gasteiger charge is -2.13. The third kappa shape index (κ3) is 6.78. The molecular formula is C24H23ClN4O3S. The number of nitriles is 1. The van der Waals surface area contributed by atoms with E-state index in [0.717, 1.165) is 17.0 Å².